The van der Waals surface area contributed by atoms with E-state index < -0.39 is 23.7 Å². The number of unbranched alkanes of at least 4 members (excludes halogenated alkanes) is 11. The zero-order valence-electron chi connectivity index (χ0n) is 26.0. The molecular formula is C31H60O6S2Sn. The summed E-state index contributed by atoms with van der Waals surface area (Å²) in [5.74, 6) is 1.22. The number of thiol groups is 1. The van der Waals surface area contributed by atoms with Gasteiger partial charge in [0.25, 0.3) is 0 Å². The molecule has 0 aromatic carbocycles. The van der Waals surface area contributed by atoms with Crippen LogP contribution in [0.4, 0.5) is 0 Å². The topological polar surface area (TPSA) is 78.9 Å². The van der Waals surface area contributed by atoms with Crippen LogP contribution in [0.15, 0.2) is 0 Å². The van der Waals surface area contributed by atoms with Gasteiger partial charge in [0.05, 0.1) is 0 Å². The van der Waals surface area contributed by atoms with Crippen LogP contribution >= 0.6 is 17.0 Å². The summed E-state index contributed by atoms with van der Waals surface area (Å²) in [6.45, 7) is 7.82. The molecule has 0 aliphatic carbocycles. The Morgan fingerprint density at radius 3 is 1.88 bits per heavy atom. The maximum atomic E-state index is 13.1. The molecule has 1 fully saturated rings. The first-order valence-corrected chi connectivity index (χ1v) is 30.4. The molecule has 0 aromatic heterocycles. The van der Waals surface area contributed by atoms with Crippen molar-refractivity contribution in [2.45, 2.75) is 139 Å². The normalized spacial score (nSPS) is 19.5. The van der Waals surface area contributed by atoms with E-state index in [4.69, 9.17) is 14.2 Å². The third-order valence-electron chi connectivity index (χ3n) is 7.61. The van der Waals surface area contributed by atoms with Crippen molar-refractivity contribution in [2.75, 3.05) is 37.1 Å². The number of ether oxygens (including phenoxy) is 3. The van der Waals surface area contributed by atoms with Gasteiger partial charge in [-0.3, -0.25) is 0 Å². The molecule has 1 atom stereocenters. The fourth-order valence-corrected chi connectivity index (χ4v) is 46.6. The number of cyclic esters (lactones) is 2. The second kappa shape index (κ2) is 25.4. The van der Waals surface area contributed by atoms with Crippen LogP contribution in [-0.4, -0.2) is 70.6 Å². The molecule has 9 heteroatoms. The number of esters is 3. The van der Waals surface area contributed by atoms with Gasteiger partial charge in [0.1, 0.15) is 0 Å². The standard InChI is InChI=1S/C15H26O6S2.2C8H17.Sn/c1-2-3-7-19-13(16)6-10-23-12-15(18)21-9-5-4-8-20-14(17)11-22;2*1-3-5-7-8-6-4-2;/h22H,2-12H2,1H3;2*1,3-8H2,2H3;. The van der Waals surface area contributed by atoms with Gasteiger partial charge in [0.15, 0.2) is 0 Å². The molecular weight excluding hydrogens is 651 g/mol. The molecule has 0 bridgehead atoms. The van der Waals surface area contributed by atoms with Crippen LogP contribution in [0.1, 0.15) is 130 Å². The van der Waals surface area contributed by atoms with Gasteiger partial charge in [-0.15, -0.1) is 0 Å². The van der Waals surface area contributed by atoms with Crippen molar-refractivity contribution in [1.29, 1.82) is 0 Å². The molecule has 6 nitrogen and oxygen atoms in total. The second-order valence-corrected chi connectivity index (χ2v) is 42.7. The first kappa shape index (κ1) is 37.9. The summed E-state index contributed by atoms with van der Waals surface area (Å²) in [4.78, 5) is 38.5. The molecule has 40 heavy (non-hydrogen) atoms. The van der Waals surface area contributed by atoms with Gasteiger partial charge in [-0.25, -0.2) is 0 Å². The summed E-state index contributed by atoms with van der Waals surface area (Å²) in [6.07, 6.45) is 18.5. The van der Waals surface area contributed by atoms with Crippen LogP contribution in [0.25, 0.3) is 0 Å². The summed E-state index contributed by atoms with van der Waals surface area (Å²) in [6, 6.07) is 0. The summed E-state index contributed by atoms with van der Waals surface area (Å²) in [7, 11) is 1.23. The number of hydrogen-bond acceptors (Lipinski definition) is 7. The Morgan fingerprint density at radius 2 is 1.30 bits per heavy atom. The van der Waals surface area contributed by atoms with Gasteiger partial charge in [0.2, 0.25) is 0 Å². The molecule has 0 saturated carbocycles. The van der Waals surface area contributed by atoms with E-state index in [0.717, 1.165) is 18.6 Å². The van der Waals surface area contributed by atoms with Gasteiger partial charge < -0.3 is 0 Å². The molecule has 0 spiro atoms. The van der Waals surface area contributed by atoms with Crippen LogP contribution in [-0.2, 0) is 28.6 Å². The van der Waals surface area contributed by atoms with E-state index in [2.05, 4.69) is 20.8 Å². The van der Waals surface area contributed by atoms with E-state index >= 15 is 0 Å². The maximum absolute atomic E-state index is 13.1. The third-order valence-corrected chi connectivity index (χ3v) is 50.1. The average molecular weight is 712 g/mol. The Morgan fingerprint density at radius 1 is 0.775 bits per heavy atom. The van der Waals surface area contributed by atoms with E-state index in [-0.39, 0.29) is 17.9 Å². The summed E-state index contributed by atoms with van der Waals surface area (Å²) < 4.78 is 19.1. The summed E-state index contributed by atoms with van der Waals surface area (Å²) >= 11 is -3.16. The predicted molar refractivity (Wildman–Crippen MR) is 175 cm³/mol. The van der Waals surface area contributed by atoms with Gasteiger partial charge in [0, 0.05) is 0 Å². The molecule has 0 amide bonds. The fraction of sp³-hybridized carbons (Fsp3) is 0.903. The van der Waals surface area contributed by atoms with Crippen molar-refractivity contribution in [1.82, 2.24) is 0 Å². The Bertz CT molecular complexity index is 662. The minimum absolute atomic E-state index is 0.107. The van der Waals surface area contributed by atoms with Crippen LogP contribution in [0, 0.1) is 0 Å². The van der Waals surface area contributed by atoms with Gasteiger partial charge in [-0.05, 0) is 0 Å². The first-order valence-electron chi connectivity index (χ1n) is 16.3. The van der Waals surface area contributed by atoms with Crippen molar-refractivity contribution in [3.05, 3.63) is 0 Å². The van der Waals surface area contributed by atoms with Crippen LogP contribution in [0.2, 0.25) is 8.87 Å². The molecule has 0 radical (unpaired) electrons. The Hall–Kier alpha value is -0.0913. The number of carbonyl (C=O) groups is 3. The second-order valence-electron chi connectivity index (χ2n) is 11.2. The van der Waals surface area contributed by atoms with Gasteiger partial charge >= 0.3 is 255 Å². The number of rotatable bonds is 20. The predicted octanol–water partition coefficient (Wildman–Crippen LogP) is 8.50. The Labute approximate surface area is 253 Å². The van der Waals surface area contributed by atoms with Crippen molar-refractivity contribution < 1.29 is 28.6 Å². The van der Waals surface area contributed by atoms with Gasteiger partial charge in [-0.2, -0.15) is 0 Å². The molecule has 1 aliphatic rings. The molecule has 1 aliphatic heterocycles. The van der Waals surface area contributed by atoms with E-state index in [1.54, 1.807) is 0 Å². The SMILES string of the molecule is CCCCCCC[CH2][Sn]1([CH2]CCCCCCC)[S]CC(=O)OCCCCOC(=O)C[SH]1CCC(=O)OCCCC. The first-order chi connectivity index (χ1) is 19.5. The van der Waals surface area contributed by atoms with E-state index in [1.165, 1.54) is 85.9 Å². The zero-order chi connectivity index (χ0) is 29.3. The quantitative estimate of drug-likeness (QED) is 0.0446. The molecule has 1 rings (SSSR count). The average Bonchev–Trinajstić information content (AvgIpc) is 2.95. The van der Waals surface area contributed by atoms with Crippen molar-refractivity contribution in [2.24, 2.45) is 0 Å². The zero-order valence-corrected chi connectivity index (χ0v) is 30.5. The van der Waals surface area contributed by atoms with Crippen molar-refractivity contribution >= 4 is 50.5 Å². The van der Waals surface area contributed by atoms with Crippen LogP contribution < -0.4 is 0 Å². The monoisotopic (exact) mass is 712 g/mol. The summed E-state index contributed by atoms with van der Waals surface area (Å²) in [5.41, 5.74) is 0. The Balaban J connectivity index is 3.16. The number of carbonyl (C=O) groups excluding carboxylic acids is 3. The van der Waals surface area contributed by atoms with E-state index in [1.807, 2.05) is 8.95 Å². The third kappa shape index (κ3) is 18.4. The van der Waals surface area contributed by atoms with Crippen molar-refractivity contribution in [3.8, 4) is 0 Å². The summed E-state index contributed by atoms with van der Waals surface area (Å²) in [5, 5.41) is 0. The fourth-order valence-electron chi connectivity index (χ4n) is 5.11. The minimum atomic E-state index is -3.16. The Kier molecular flexibility index (Phi) is 24.1. The van der Waals surface area contributed by atoms with Crippen molar-refractivity contribution in [3.63, 3.8) is 0 Å². The molecule has 236 valence electrons. The van der Waals surface area contributed by atoms with Gasteiger partial charge in [-0.1, -0.05) is 0 Å². The number of hydrogen-bond donors (Lipinski definition) is 1. The molecule has 1 saturated heterocycles. The van der Waals surface area contributed by atoms with E-state index in [9.17, 15) is 14.4 Å². The molecule has 0 N–H and O–H groups in total. The molecule has 1 unspecified atom stereocenters. The van der Waals surface area contributed by atoms with E-state index in [0.29, 0.717) is 50.6 Å². The molecule has 0 aromatic rings. The van der Waals surface area contributed by atoms with Crippen LogP contribution in [0.3, 0.4) is 0 Å². The molecule has 1 heterocycles. The van der Waals surface area contributed by atoms with Crippen LogP contribution in [0.5, 0.6) is 0 Å².